The van der Waals surface area contributed by atoms with Crippen LogP contribution in [0.4, 0.5) is 0 Å². The molecule has 0 aliphatic carbocycles. The fraction of sp³-hybridized carbons (Fsp3) is 0. The van der Waals surface area contributed by atoms with E-state index in [0.29, 0.717) is 0 Å². The summed E-state index contributed by atoms with van der Waals surface area (Å²) in [6.07, 6.45) is 0. The van der Waals surface area contributed by atoms with Crippen molar-refractivity contribution in [3.05, 3.63) is 0 Å². The van der Waals surface area contributed by atoms with Gasteiger partial charge >= 0.3 is 54.2 Å². The monoisotopic (exact) mass is 218 g/mol. The average Bonchev–Trinajstić information content (AvgIpc) is 1.00. The Morgan fingerprint density at radius 2 is 1.00 bits per heavy atom. The molecule has 0 bridgehead atoms. The van der Waals surface area contributed by atoms with Gasteiger partial charge in [0.25, 0.3) is 0 Å². The van der Waals surface area contributed by atoms with Gasteiger partial charge in [-0.2, -0.15) is 0 Å². The minimum atomic E-state index is 0. The fourth-order valence-corrected chi connectivity index (χ4v) is 0. The maximum absolute atomic E-state index is 7.81. The Morgan fingerprint density at radius 3 is 1.00 bits per heavy atom. The van der Waals surface area contributed by atoms with Crippen LogP contribution in [0.2, 0.25) is 0 Å². The molecule has 2 radical (unpaired) electrons. The molecule has 0 aromatic heterocycles. The standard InChI is InChI=1S/Cr.Cu.Mn.3O/q+3;;+2;;2*-2. The summed E-state index contributed by atoms with van der Waals surface area (Å²) in [7, 11) is 0. The molecular formula is CrCuMnO3+. The van der Waals surface area contributed by atoms with Gasteiger partial charge in [0, 0.05) is 0 Å². The van der Waals surface area contributed by atoms with Crippen LogP contribution in [0.5, 0.6) is 0 Å². The molecule has 0 aromatic rings. The normalized spacial score (nSPS) is 1.00. The molecule has 0 aliphatic heterocycles. The zero-order chi connectivity index (χ0) is 2.00. The molecule has 3 nitrogen and oxygen atoms in total. The first-order valence-corrected chi connectivity index (χ1v) is 0.508. The van der Waals surface area contributed by atoms with E-state index in [1.54, 1.807) is 0 Å². The predicted octanol–water partition coefficient (Wildman–Crippen LogP) is -0.364. The Bertz CT molecular complexity index is 10.8. The summed E-state index contributed by atoms with van der Waals surface area (Å²) in [5.74, 6) is 0. The van der Waals surface area contributed by atoms with E-state index in [4.69, 9.17) is 3.83 Å². The second-order valence-electron chi connectivity index (χ2n) is 0. The van der Waals surface area contributed by atoms with Gasteiger partial charge in [0.05, 0.1) is 0 Å². The molecular weight excluding hydrogens is 218 g/mol. The van der Waals surface area contributed by atoms with Gasteiger partial charge in [0.15, 0.2) is 0 Å². The van der Waals surface area contributed by atoms with Crippen LogP contribution in [0, 0.1) is 0 Å². The molecule has 0 N–H and O–H groups in total. The van der Waals surface area contributed by atoms with Gasteiger partial charge in [-0.3, -0.25) is 0 Å². The SMILES string of the molecule is [Cr+3].[Mn+2].[O-2].[O-2].[O]=[Cu]. The summed E-state index contributed by atoms with van der Waals surface area (Å²) >= 11 is 2.94. The van der Waals surface area contributed by atoms with Gasteiger partial charge < -0.3 is 11.0 Å². The third-order valence-corrected chi connectivity index (χ3v) is 0. The van der Waals surface area contributed by atoms with Crippen LogP contribution in [-0.4, -0.2) is 0 Å². The molecule has 0 saturated heterocycles. The molecule has 0 rings (SSSR count). The van der Waals surface area contributed by atoms with Crippen LogP contribution in [0.15, 0.2) is 0 Å². The summed E-state index contributed by atoms with van der Waals surface area (Å²) in [6.45, 7) is 0. The molecule has 6 heavy (non-hydrogen) atoms. The van der Waals surface area contributed by atoms with Crippen molar-refractivity contribution < 1.29 is 65.2 Å². The zero-order valence-electron chi connectivity index (χ0n) is 2.31. The Balaban J connectivity index is -0.000000000833. The number of hydrogen-bond donors (Lipinski definition) is 0. The molecule has 0 spiro atoms. The zero-order valence-corrected chi connectivity index (χ0v) is 5.71. The Hall–Kier alpha value is 1.29. The van der Waals surface area contributed by atoms with Crippen molar-refractivity contribution in [1.82, 2.24) is 0 Å². The molecule has 0 aromatic carbocycles. The van der Waals surface area contributed by atoms with Gasteiger partial charge in [-0.15, -0.1) is 0 Å². The first-order valence-electron chi connectivity index (χ1n) is 0.123. The van der Waals surface area contributed by atoms with E-state index in [0.717, 1.165) is 0 Å². The molecule has 0 atom stereocenters. The summed E-state index contributed by atoms with van der Waals surface area (Å²) < 4.78 is 7.81. The average molecular weight is 218 g/mol. The van der Waals surface area contributed by atoms with Gasteiger partial charge in [-0.05, 0) is 0 Å². The summed E-state index contributed by atoms with van der Waals surface area (Å²) in [5.41, 5.74) is 0. The van der Waals surface area contributed by atoms with Gasteiger partial charge in [0.2, 0.25) is 0 Å². The van der Waals surface area contributed by atoms with E-state index < -0.39 is 0 Å². The van der Waals surface area contributed by atoms with E-state index in [1.807, 2.05) is 0 Å². The van der Waals surface area contributed by atoms with Crippen molar-refractivity contribution >= 4 is 0 Å². The van der Waals surface area contributed by atoms with Crippen molar-refractivity contribution in [2.45, 2.75) is 0 Å². The third kappa shape index (κ3) is 58.4. The Kier molecular flexibility index (Phi) is 968. The Labute approximate surface area is 65.1 Å². The van der Waals surface area contributed by atoms with Crippen molar-refractivity contribution in [3.63, 3.8) is 0 Å². The first-order chi connectivity index (χ1) is 1.00. The summed E-state index contributed by atoms with van der Waals surface area (Å²) in [4.78, 5) is 0. The third-order valence-electron chi connectivity index (χ3n) is 0. The van der Waals surface area contributed by atoms with Crippen molar-refractivity contribution in [2.75, 3.05) is 0 Å². The fourth-order valence-electron chi connectivity index (χ4n) is 0. The molecule has 0 unspecified atom stereocenters. The molecule has 41 valence electrons. The Morgan fingerprint density at radius 1 is 1.00 bits per heavy atom. The van der Waals surface area contributed by atoms with Crippen LogP contribution in [0.25, 0.3) is 0 Å². The molecule has 0 amide bonds. The van der Waals surface area contributed by atoms with E-state index >= 15 is 0 Å². The van der Waals surface area contributed by atoms with E-state index in [1.165, 1.54) is 0 Å². The molecule has 0 heterocycles. The topological polar surface area (TPSA) is 74.1 Å². The van der Waals surface area contributed by atoms with Crippen LogP contribution in [-0.2, 0) is 65.2 Å². The van der Waals surface area contributed by atoms with Gasteiger partial charge in [0.1, 0.15) is 0 Å². The molecule has 0 saturated carbocycles. The second-order valence-corrected chi connectivity index (χ2v) is 0. The maximum atomic E-state index is 7.81. The van der Waals surface area contributed by atoms with Crippen molar-refractivity contribution in [2.24, 2.45) is 0 Å². The number of hydrogen-bond acceptors (Lipinski definition) is 1. The minimum absolute atomic E-state index is 0. The van der Waals surface area contributed by atoms with Crippen LogP contribution in [0.3, 0.4) is 0 Å². The summed E-state index contributed by atoms with van der Waals surface area (Å²) in [6, 6.07) is 0. The van der Waals surface area contributed by atoms with Crippen LogP contribution < -0.4 is 0 Å². The van der Waals surface area contributed by atoms with Crippen molar-refractivity contribution in [1.29, 1.82) is 0 Å². The van der Waals surface area contributed by atoms with E-state index in [9.17, 15) is 0 Å². The molecule has 0 fully saturated rings. The van der Waals surface area contributed by atoms with Gasteiger partial charge in [-0.25, -0.2) is 0 Å². The predicted molar refractivity (Wildman–Crippen MR) is 2.06 cm³/mol. The van der Waals surface area contributed by atoms with E-state index in [-0.39, 0.29) is 45.4 Å². The first kappa shape index (κ1) is 55.0. The second kappa shape index (κ2) is 106. The summed E-state index contributed by atoms with van der Waals surface area (Å²) in [5, 5.41) is 0. The number of rotatable bonds is 0. The van der Waals surface area contributed by atoms with Crippen molar-refractivity contribution in [3.8, 4) is 0 Å². The van der Waals surface area contributed by atoms with E-state index in [2.05, 4.69) is 15.9 Å². The van der Waals surface area contributed by atoms with Crippen LogP contribution >= 0.6 is 0 Å². The van der Waals surface area contributed by atoms with Crippen LogP contribution in [0.1, 0.15) is 0 Å². The molecule has 0 aliphatic rings. The van der Waals surface area contributed by atoms with Gasteiger partial charge in [-0.1, -0.05) is 0 Å². The molecule has 6 heteroatoms. The quantitative estimate of drug-likeness (QED) is 0.512.